The first-order valence-corrected chi connectivity index (χ1v) is 12.9. The highest BCUT2D eigenvalue weighted by atomic mass is 32.2. The molecule has 2 aromatic carbocycles. The van der Waals surface area contributed by atoms with Gasteiger partial charge in [-0.2, -0.15) is 0 Å². The topological polar surface area (TPSA) is 63.7 Å². The molecule has 5 nitrogen and oxygen atoms in total. The van der Waals surface area contributed by atoms with E-state index in [1.807, 2.05) is 30.9 Å². The maximum atomic E-state index is 13.1. The van der Waals surface area contributed by atoms with Gasteiger partial charge in [-0.25, -0.2) is 8.42 Å². The van der Waals surface area contributed by atoms with Crippen LogP contribution in [0.4, 0.5) is 0 Å². The Labute approximate surface area is 186 Å². The van der Waals surface area contributed by atoms with Gasteiger partial charge in [-0.3, -0.25) is 4.79 Å². The third kappa shape index (κ3) is 6.10. The van der Waals surface area contributed by atoms with E-state index >= 15 is 0 Å². The molecule has 1 heterocycles. The fraction of sp³-hybridized carbons (Fsp3) is 0.480. The summed E-state index contributed by atoms with van der Waals surface area (Å²) in [6, 6.07) is 14.9. The van der Waals surface area contributed by atoms with Crippen LogP contribution in [0.1, 0.15) is 55.5 Å². The molecule has 0 atom stereocenters. The van der Waals surface area contributed by atoms with Gasteiger partial charge in [-0.1, -0.05) is 31.2 Å². The molecule has 1 fully saturated rings. The number of hydrogen-bond acceptors (Lipinski definition) is 4. The van der Waals surface area contributed by atoms with Crippen LogP contribution in [0, 0.1) is 5.92 Å². The minimum atomic E-state index is -3.44. The summed E-state index contributed by atoms with van der Waals surface area (Å²) in [5, 5.41) is 0. The van der Waals surface area contributed by atoms with Crippen molar-refractivity contribution in [1.82, 2.24) is 4.90 Å². The first-order valence-electron chi connectivity index (χ1n) is 11.3. The molecule has 0 saturated carbocycles. The van der Waals surface area contributed by atoms with Crippen LogP contribution < -0.4 is 4.74 Å². The third-order valence-electron chi connectivity index (χ3n) is 5.90. The molecule has 31 heavy (non-hydrogen) atoms. The first kappa shape index (κ1) is 23.3. The van der Waals surface area contributed by atoms with Gasteiger partial charge in [0.1, 0.15) is 5.75 Å². The van der Waals surface area contributed by atoms with Crippen molar-refractivity contribution < 1.29 is 17.9 Å². The van der Waals surface area contributed by atoms with E-state index in [4.69, 9.17) is 4.74 Å². The van der Waals surface area contributed by atoms with Crippen LogP contribution in [0.15, 0.2) is 53.4 Å². The predicted octanol–water partition coefficient (Wildman–Crippen LogP) is 4.75. The number of piperidine rings is 1. The van der Waals surface area contributed by atoms with E-state index in [0.29, 0.717) is 37.6 Å². The second-order valence-electron chi connectivity index (χ2n) is 8.17. The van der Waals surface area contributed by atoms with E-state index < -0.39 is 9.84 Å². The van der Waals surface area contributed by atoms with Gasteiger partial charge >= 0.3 is 0 Å². The van der Waals surface area contributed by atoms with Crippen LogP contribution in [0.25, 0.3) is 0 Å². The summed E-state index contributed by atoms with van der Waals surface area (Å²) in [5.41, 5.74) is 1.61. The smallest absolute Gasteiger partial charge is 0.255 e. The van der Waals surface area contributed by atoms with E-state index in [0.717, 1.165) is 31.4 Å². The average molecular weight is 444 g/mol. The summed E-state index contributed by atoms with van der Waals surface area (Å²) in [7, 11) is -3.44. The standard InChI is InChI=1S/C25H33NO4S/c1-3-19-31(28,29)24-8-6-5-7-23(24)25(27)26-17-15-21(16-18-26)10-9-20-11-13-22(14-12-20)30-4-2/h5-8,11-14,21H,3-4,9-10,15-19H2,1-2H3. The van der Waals surface area contributed by atoms with Crippen LogP contribution >= 0.6 is 0 Å². The predicted molar refractivity (Wildman–Crippen MR) is 123 cm³/mol. The molecule has 168 valence electrons. The first-order chi connectivity index (χ1) is 14.9. The van der Waals surface area contributed by atoms with Crippen molar-refractivity contribution in [2.45, 2.75) is 50.8 Å². The Morgan fingerprint density at radius 2 is 1.71 bits per heavy atom. The highest BCUT2D eigenvalue weighted by molar-refractivity contribution is 7.91. The molecule has 1 aliphatic heterocycles. The lowest BCUT2D eigenvalue weighted by molar-refractivity contribution is 0.0683. The molecule has 0 aromatic heterocycles. The number of aryl methyl sites for hydroxylation is 1. The summed E-state index contributed by atoms with van der Waals surface area (Å²) in [6.45, 7) is 5.84. The molecule has 0 N–H and O–H groups in total. The lowest BCUT2D eigenvalue weighted by Crippen LogP contribution is -2.39. The lowest BCUT2D eigenvalue weighted by atomic mass is 9.90. The molecule has 1 saturated heterocycles. The van der Waals surface area contributed by atoms with Crippen LogP contribution in [-0.2, 0) is 16.3 Å². The summed E-state index contributed by atoms with van der Waals surface area (Å²) in [5.74, 6) is 1.37. The highest BCUT2D eigenvalue weighted by Crippen LogP contribution is 2.26. The number of hydrogen-bond donors (Lipinski definition) is 0. The number of rotatable bonds is 9. The van der Waals surface area contributed by atoms with Gasteiger partial charge in [0.15, 0.2) is 9.84 Å². The Hall–Kier alpha value is -2.34. The minimum Gasteiger partial charge on any atom is -0.494 e. The van der Waals surface area contributed by atoms with Gasteiger partial charge in [0.25, 0.3) is 5.91 Å². The normalized spacial score (nSPS) is 15.1. The van der Waals surface area contributed by atoms with Crippen LogP contribution in [-0.4, -0.2) is 44.7 Å². The number of likely N-dealkylation sites (tertiary alicyclic amines) is 1. The van der Waals surface area contributed by atoms with Gasteiger partial charge in [0.2, 0.25) is 0 Å². The number of ether oxygens (including phenoxy) is 1. The zero-order valence-corrected chi connectivity index (χ0v) is 19.4. The summed E-state index contributed by atoms with van der Waals surface area (Å²) < 4.78 is 30.7. The summed E-state index contributed by atoms with van der Waals surface area (Å²) in [6.07, 6.45) is 4.55. The monoisotopic (exact) mass is 443 g/mol. The number of carbonyl (C=O) groups excluding carboxylic acids is 1. The second kappa shape index (κ2) is 10.8. The zero-order valence-electron chi connectivity index (χ0n) is 18.5. The molecule has 2 aromatic rings. The highest BCUT2D eigenvalue weighted by Gasteiger charge is 2.28. The van der Waals surface area contributed by atoms with E-state index in [9.17, 15) is 13.2 Å². The van der Waals surface area contributed by atoms with Crippen molar-refractivity contribution in [2.24, 2.45) is 5.92 Å². The molecule has 0 radical (unpaired) electrons. The lowest BCUT2D eigenvalue weighted by Gasteiger charge is -2.32. The van der Waals surface area contributed by atoms with Gasteiger partial charge in [0.05, 0.1) is 22.8 Å². The van der Waals surface area contributed by atoms with Crippen LogP contribution in [0.3, 0.4) is 0 Å². The quantitative estimate of drug-likeness (QED) is 0.561. The van der Waals surface area contributed by atoms with E-state index in [2.05, 4.69) is 12.1 Å². The fourth-order valence-corrected chi connectivity index (χ4v) is 5.71. The van der Waals surface area contributed by atoms with Gasteiger partial charge in [-0.05, 0) is 74.8 Å². The van der Waals surface area contributed by atoms with E-state index in [1.54, 1.807) is 24.3 Å². The average Bonchev–Trinajstić information content (AvgIpc) is 2.79. The molecular weight excluding hydrogens is 410 g/mol. The number of amides is 1. The molecule has 0 unspecified atom stereocenters. The summed E-state index contributed by atoms with van der Waals surface area (Å²) >= 11 is 0. The van der Waals surface area contributed by atoms with Crippen LogP contribution in [0.2, 0.25) is 0 Å². The minimum absolute atomic E-state index is 0.0604. The van der Waals surface area contributed by atoms with Crippen molar-refractivity contribution in [2.75, 3.05) is 25.4 Å². The summed E-state index contributed by atoms with van der Waals surface area (Å²) in [4.78, 5) is 15.1. The van der Waals surface area contributed by atoms with E-state index in [-0.39, 0.29) is 16.6 Å². The molecule has 1 aliphatic rings. The van der Waals surface area contributed by atoms with Gasteiger partial charge in [0, 0.05) is 13.1 Å². The third-order valence-corrected chi connectivity index (χ3v) is 7.87. The van der Waals surface area contributed by atoms with Crippen molar-refractivity contribution in [1.29, 1.82) is 0 Å². The fourth-order valence-electron chi connectivity index (χ4n) is 4.18. The van der Waals surface area contributed by atoms with Crippen molar-refractivity contribution >= 4 is 15.7 Å². The number of benzene rings is 2. The number of sulfone groups is 1. The Balaban J connectivity index is 1.56. The maximum absolute atomic E-state index is 13.1. The maximum Gasteiger partial charge on any atom is 0.255 e. The van der Waals surface area contributed by atoms with Crippen molar-refractivity contribution in [3.8, 4) is 5.75 Å². The van der Waals surface area contributed by atoms with E-state index in [1.165, 1.54) is 5.56 Å². The van der Waals surface area contributed by atoms with Gasteiger partial charge in [-0.15, -0.1) is 0 Å². The number of nitrogens with zero attached hydrogens (tertiary/aromatic N) is 1. The Bertz CT molecular complexity index is 961. The largest absolute Gasteiger partial charge is 0.494 e. The molecule has 0 aliphatic carbocycles. The SMILES string of the molecule is CCCS(=O)(=O)c1ccccc1C(=O)N1CCC(CCc2ccc(OCC)cc2)CC1. The van der Waals surface area contributed by atoms with Gasteiger partial charge < -0.3 is 9.64 Å². The zero-order chi connectivity index (χ0) is 22.3. The van der Waals surface area contributed by atoms with Crippen molar-refractivity contribution in [3.05, 3.63) is 59.7 Å². The molecule has 6 heteroatoms. The Morgan fingerprint density at radius 3 is 2.35 bits per heavy atom. The van der Waals surface area contributed by atoms with Crippen LogP contribution in [0.5, 0.6) is 5.75 Å². The number of carbonyl (C=O) groups is 1. The molecule has 0 spiro atoms. The Morgan fingerprint density at radius 1 is 1.03 bits per heavy atom. The Kier molecular flexibility index (Phi) is 8.13. The molecule has 3 rings (SSSR count). The van der Waals surface area contributed by atoms with Crippen molar-refractivity contribution in [3.63, 3.8) is 0 Å². The molecule has 0 bridgehead atoms. The second-order valence-corrected chi connectivity index (χ2v) is 10.2. The molecule has 1 amide bonds. The molecular formula is C25H33NO4S.